The SMILES string of the molecule is CCN(C)c1ccc([C@@H](C)O)cc1F. The van der Waals surface area contributed by atoms with Gasteiger partial charge in [-0.1, -0.05) is 6.07 Å². The van der Waals surface area contributed by atoms with Gasteiger partial charge in [0, 0.05) is 13.6 Å². The topological polar surface area (TPSA) is 23.5 Å². The van der Waals surface area contributed by atoms with Gasteiger partial charge >= 0.3 is 0 Å². The molecule has 3 heteroatoms. The zero-order valence-electron chi connectivity index (χ0n) is 8.79. The number of aliphatic hydroxyl groups is 1. The number of anilines is 1. The van der Waals surface area contributed by atoms with Crippen LogP contribution in [0, 0.1) is 5.82 Å². The second-order valence-electron chi connectivity index (χ2n) is 3.40. The molecule has 2 nitrogen and oxygen atoms in total. The molecule has 0 bridgehead atoms. The van der Waals surface area contributed by atoms with Crippen LogP contribution in [0.15, 0.2) is 18.2 Å². The fourth-order valence-electron chi connectivity index (χ4n) is 1.26. The first-order valence-electron chi connectivity index (χ1n) is 4.75. The van der Waals surface area contributed by atoms with Crippen molar-refractivity contribution in [3.8, 4) is 0 Å². The third kappa shape index (κ3) is 2.23. The average Bonchev–Trinajstić information content (AvgIpc) is 2.16. The minimum atomic E-state index is -0.620. The van der Waals surface area contributed by atoms with Crippen LogP contribution in [0.1, 0.15) is 25.5 Å². The summed E-state index contributed by atoms with van der Waals surface area (Å²) >= 11 is 0. The fraction of sp³-hybridized carbons (Fsp3) is 0.455. The van der Waals surface area contributed by atoms with Crippen molar-refractivity contribution in [2.24, 2.45) is 0 Å². The molecule has 1 rings (SSSR count). The number of nitrogens with zero attached hydrogens (tertiary/aromatic N) is 1. The van der Waals surface area contributed by atoms with Crippen molar-refractivity contribution in [2.45, 2.75) is 20.0 Å². The molecule has 0 spiro atoms. The van der Waals surface area contributed by atoms with E-state index in [2.05, 4.69) is 0 Å². The Morgan fingerprint density at radius 2 is 2.14 bits per heavy atom. The highest BCUT2D eigenvalue weighted by atomic mass is 19.1. The molecule has 0 heterocycles. The van der Waals surface area contributed by atoms with E-state index in [1.807, 2.05) is 18.9 Å². The maximum Gasteiger partial charge on any atom is 0.146 e. The molecule has 0 saturated carbocycles. The van der Waals surface area contributed by atoms with Crippen molar-refractivity contribution in [1.82, 2.24) is 0 Å². The van der Waals surface area contributed by atoms with Crippen LogP contribution in [0.2, 0.25) is 0 Å². The Morgan fingerprint density at radius 3 is 2.57 bits per heavy atom. The number of aliphatic hydroxyl groups excluding tert-OH is 1. The molecule has 1 aromatic carbocycles. The highest BCUT2D eigenvalue weighted by Gasteiger charge is 2.08. The van der Waals surface area contributed by atoms with Gasteiger partial charge in [0.15, 0.2) is 0 Å². The molecular formula is C11H16FNO. The molecular weight excluding hydrogens is 181 g/mol. The number of rotatable bonds is 3. The average molecular weight is 197 g/mol. The van der Waals surface area contributed by atoms with Crippen molar-refractivity contribution in [3.05, 3.63) is 29.6 Å². The van der Waals surface area contributed by atoms with E-state index in [0.29, 0.717) is 11.3 Å². The first kappa shape index (κ1) is 11.0. The molecule has 0 unspecified atom stereocenters. The van der Waals surface area contributed by atoms with E-state index in [0.717, 1.165) is 6.54 Å². The molecule has 0 fully saturated rings. The highest BCUT2D eigenvalue weighted by molar-refractivity contribution is 5.48. The molecule has 0 amide bonds. The quantitative estimate of drug-likeness (QED) is 0.804. The summed E-state index contributed by atoms with van der Waals surface area (Å²) < 4.78 is 13.5. The molecule has 1 atom stereocenters. The zero-order chi connectivity index (χ0) is 10.7. The number of hydrogen-bond acceptors (Lipinski definition) is 2. The summed E-state index contributed by atoms with van der Waals surface area (Å²) in [5, 5.41) is 9.25. The van der Waals surface area contributed by atoms with Crippen LogP contribution in [0.25, 0.3) is 0 Å². The van der Waals surface area contributed by atoms with Gasteiger partial charge in [-0.05, 0) is 31.5 Å². The van der Waals surface area contributed by atoms with Gasteiger partial charge in [-0.15, -0.1) is 0 Å². The largest absolute Gasteiger partial charge is 0.389 e. The Morgan fingerprint density at radius 1 is 1.50 bits per heavy atom. The van der Waals surface area contributed by atoms with Crippen molar-refractivity contribution in [1.29, 1.82) is 0 Å². The molecule has 1 N–H and O–H groups in total. The van der Waals surface area contributed by atoms with E-state index in [4.69, 9.17) is 0 Å². The maximum atomic E-state index is 13.5. The normalized spacial score (nSPS) is 12.6. The van der Waals surface area contributed by atoms with Gasteiger partial charge < -0.3 is 10.0 Å². The van der Waals surface area contributed by atoms with E-state index in [1.54, 1.807) is 19.1 Å². The highest BCUT2D eigenvalue weighted by Crippen LogP contribution is 2.22. The van der Waals surface area contributed by atoms with Crippen LogP contribution in [0.4, 0.5) is 10.1 Å². The van der Waals surface area contributed by atoms with Gasteiger partial charge in [-0.2, -0.15) is 0 Å². The van der Waals surface area contributed by atoms with Gasteiger partial charge in [0.05, 0.1) is 11.8 Å². The van der Waals surface area contributed by atoms with E-state index >= 15 is 0 Å². The van der Waals surface area contributed by atoms with E-state index in [-0.39, 0.29) is 5.82 Å². The van der Waals surface area contributed by atoms with Crippen LogP contribution < -0.4 is 4.90 Å². The van der Waals surface area contributed by atoms with Crippen LogP contribution in [-0.4, -0.2) is 18.7 Å². The first-order valence-corrected chi connectivity index (χ1v) is 4.75. The lowest BCUT2D eigenvalue weighted by molar-refractivity contribution is 0.199. The summed E-state index contributed by atoms with van der Waals surface area (Å²) in [6.07, 6.45) is -0.620. The number of hydrogen-bond donors (Lipinski definition) is 1. The minimum absolute atomic E-state index is 0.284. The lowest BCUT2D eigenvalue weighted by atomic mass is 10.1. The van der Waals surface area contributed by atoms with E-state index in [9.17, 15) is 9.50 Å². The Labute approximate surface area is 84.0 Å². The zero-order valence-corrected chi connectivity index (χ0v) is 8.79. The molecule has 0 aromatic heterocycles. The monoisotopic (exact) mass is 197 g/mol. The van der Waals surface area contributed by atoms with Crippen LogP contribution in [0.5, 0.6) is 0 Å². The smallest absolute Gasteiger partial charge is 0.146 e. The summed E-state index contributed by atoms with van der Waals surface area (Å²) in [7, 11) is 1.83. The Hall–Kier alpha value is -1.09. The Bertz CT molecular complexity index is 312. The van der Waals surface area contributed by atoms with Crippen molar-refractivity contribution < 1.29 is 9.50 Å². The molecule has 0 aliphatic carbocycles. The van der Waals surface area contributed by atoms with Gasteiger partial charge in [0.25, 0.3) is 0 Å². The molecule has 0 aliphatic heterocycles. The summed E-state index contributed by atoms with van der Waals surface area (Å²) in [5.41, 5.74) is 1.17. The predicted octanol–water partition coefficient (Wildman–Crippen LogP) is 2.34. The molecule has 0 saturated heterocycles. The summed E-state index contributed by atoms with van der Waals surface area (Å²) in [5.74, 6) is -0.284. The van der Waals surface area contributed by atoms with E-state index < -0.39 is 6.10 Å². The standard InChI is InChI=1S/C11H16FNO/c1-4-13(3)11-6-5-9(8(2)14)7-10(11)12/h5-8,14H,4H2,1-3H3/t8-/m1/s1. The van der Waals surface area contributed by atoms with Crippen molar-refractivity contribution in [2.75, 3.05) is 18.5 Å². The van der Waals surface area contributed by atoms with Crippen LogP contribution in [0.3, 0.4) is 0 Å². The molecule has 78 valence electrons. The van der Waals surface area contributed by atoms with Gasteiger partial charge in [-0.3, -0.25) is 0 Å². The second kappa shape index (κ2) is 4.42. The number of benzene rings is 1. The Balaban J connectivity index is 3.01. The van der Waals surface area contributed by atoms with Gasteiger partial charge in [0.1, 0.15) is 5.82 Å². The van der Waals surface area contributed by atoms with Crippen molar-refractivity contribution >= 4 is 5.69 Å². The Kier molecular flexibility index (Phi) is 3.47. The summed E-state index contributed by atoms with van der Waals surface area (Å²) in [4.78, 5) is 1.82. The van der Waals surface area contributed by atoms with Gasteiger partial charge in [0.2, 0.25) is 0 Å². The third-order valence-corrected chi connectivity index (χ3v) is 2.34. The summed E-state index contributed by atoms with van der Waals surface area (Å²) in [6.45, 7) is 4.34. The molecule has 1 aromatic rings. The van der Waals surface area contributed by atoms with Crippen LogP contribution in [-0.2, 0) is 0 Å². The van der Waals surface area contributed by atoms with E-state index in [1.165, 1.54) is 6.07 Å². The summed E-state index contributed by atoms with van der Waals surface area (Å²) in [6, 6.07) is 4.82. The lowest BCUT2D eigenvalue weighted by Gasteiger charge is -2.18. The van der Waals surface area contributed by atoms with Crippen molar-refractivity contribution in [3.63, 3.8) is 0 Å². The molecule has 0 radical (unpaired) electrons. The van der Waals surface area contributed by atoms with Crippen LogP contribution >= 0.6 is 0 Å². The fourth-order valence-corrected chi connectivity index (χ4v) is 1.26. The lowest BCUT2D eigenvalue weighted by Crippen LogP contribution is -2.17. The molecule has 0 aliphatic rings. The number of halogens is 1. The third-order valence-electron chi connectivity index (χ3n) is 2.34. The first-order chi connectivity index (χ1) is 6.56. The maximum absolute atomic E-state index is 13.5. The molecule has 14 heavy (non-hydrogen) atoms. The minimum Gasteiger partial charge on any atom is -0.389 e. The second-order valence-corrected chi connectivity index (χ2v) is 3.40. The predicted molar refractivity (Wildman–Crippen MR) is 56.0 cm³/mol. The van der Waals surface area contributed by atoms with Gasteiger partial charge in [-0.25, -0.2) is 4.39 Å².